The number of nitrogens with one attached hydrogen (secondary N) is 1. The monoisotopic (exact) mass is 262 g/mol. The average Bonchev–Trinajstić information content (AvgIpc) is 2.37. The molecule has 1 heterocycles. The summed E-state index contributed by atoms with van der Waals surface area (Å²) < 4.78 is 5.62. The van der Waals surface area contributed by atoms with Gasteiger partial charge in [0, 0.05) is 17.6 Å². The van der Waals surface area contributed by atoms with Crippen molar-refractivity contribution >= 4 is 17.4 Å². The lowest BCUT2D eigenvalue weighted by Gasteiger charge is -2.07. The standard InChI is InChI=1S/C14H15ClN2O/c1-2-16-13-7-4-8-14(17-13)18-10-11-5-3-6-12(15)9-11/h3-9H,2,10H2,1H3,(H,16,17). The van der Waals surface area contributed by atoms with Crippen LogP contribution in [-0.4, -0.2) is 11.5 Å². The second-order valence-electron chi connectivity index (χ2n) is 3.81. The Morgan fingerprint density at radius 2 is 2.06 bits per heavy atom. The highest BCUT2D eigenvalue weighted by atomic mass is 35.5. The summed E-state index contributed by atoms with van der Waals surface area (Å²) in [5, 5.41) is 3.86. The van der Waals surface area contributed by atoms with Gasteiger partial charge in [-0.1, -0.05) is 29.8 Å². The third kappa shape index (κ3) is 3.64. The Balaban J connectivity index is 1.99. The predicted octanol–water partition coefficient (Wildman–Crippen LogP) is 3.75. The lowest BCUT2D eigenvalue weighted by molar-refractivity contribution is 0.294. The fraction of sp³-hybridized carbons (Fsp3) is 0.214. The third-order valence-electron chi connectivity index (χ3n) is 2.36. The third-order valence-corrected chi connectivity index (χ3v) is 2.59. The van der Waals surface area contributed by atoms with Crippen LogP contribution in [0.3, 0.4) is 0 Å². The molecular formula is C14H15ClN2O. The Bertz CT molecular complexity index is 517. The highest BCUT2D eigenvalue weighted by molar-refractivity contribution is 6.30. The van der Waals surface area contributed by atoms with E-state index >= 15 is 0 Å². The summed E-state index contributed by atoms with van der Waals surface area (Å²) >= 11 is 5.91. The fourth-order valence-electron chi connectivity index (χ4n) is 1.56. The molecule has 0 saturated heterocycles. The summed E-state index contributed by atoms with van der Waals surface area (Å²) in [5.41, 5.74) is 1.03. The minimum absolute atomic E-state index is 0.461. The number of hydrogen-bond acceptors (Lipinski definition) is 3. The molecule has 0 amide bonds. The molecular weight excluding hydrogens is 248 g/mol. The summed E-state index contributed by atoms with van der Waals surface area (Å²) in [6.07, 6.45) is 0. The highest BCUT2D eigenvalue weighted by Gasteiger charge is 1.99. The summed E-state index contributed by atoms with van der Waals surface area (Å²) in [4.78, 5) is 4.33. The van der Waals surface area contributed by atoms with Gasteiger partial charge in [-0.25, -0.2) is 0 Å². The average molecular weight is 263 g/mol. The molecule has 3 nitrogen and oxygen atoms in total. The Labute approximate surface area is 112 Å². The topological polar surface area (TPSA) is 34.1 Å². The van der Waals surface area contributed by atoms with Gasteiger partial charge in [-0.15, -0.1) is 0 Å². The summed E-state index contributed by atoms with van der Waals surface area (Å²) in [7, 11) is 0. The van der Waals surface area contributed by atoms with E-state index in [1.807, 2.05) is 49.4 Å². The van der Waals surface area contributed by atoms with Crippen molar-refractivity contribution in [2.45, 2.75) is 13.5 Å². The fourth-order valence-corrected chi connectivity index (χ4v) is 1.77. The quantitative estimate of drug-likeness (QED) is 0.891. The molecule has 94 valence electrons. The van der Waals surface area contributed by atoms with Crippen molar-refractivity contribution in [2.75, 3.05) is 11.9 Å². The van der Waals surface area contributed by atoms with E-state index in [-0.39, 0.29) is 0 Å². The van der Waals surface area contributed by atoms with E-state index in [9.17, 15) is 0 Å². The predicted molar refractivity (Wildman–Crippen MR) is 74.2 cm³/mol. The first-order valence-electron chi connectivity index (χ1n) is 5.86. The lowest BCUT2D eigenvalue weighted by Crippen LogP contribution is -2.01. The van der Waals surface area contributed by atoms with Crippen LogP contribution in [0.15, 0.2) is 42.5 Å². The summed E-state index contributed by atoms with van der Waals surface area (Å²) in [6, 6.07) is 13.3. The molecule has 0 saturated carbocycles. The molecule has 0 radical (unpaired) electrons. The molecule has 0 spiro atoms. The zero-order valence-corrected chi connectivity index (χ0v) is 10.9. The minimum Gasteiger partial charge on any atom is -0.473 e. The van der Waals surface area contributed by atoms with Gasteiger partial charge in [-0.3, -0.25) is 0 Å². The van der Waals surface area contributed by atoms with Crippen molar-refractivity contribution in [3.05, 3.63) is 53.1 Å². The van der Waals surface area contributed by atoms with Crippen LogP contribution in [-0.2, 0) is 6.61 Å². The van der Waals surface area contributed by atoms with Gasteiger partial charge < -0.3 is 10.1 Å². The van der Waals surface area contributed by atoms with Gasteiger partial charge in [0.2, 0.25) is 5.88 Å². The Morgan fingerprint density at radius 1 is 1.22 bits per heavy atom. The molecule has 0 bridgehead atoms. The van der Waals surface area contributed by atoms with Crippen molar-refractivity contribution in [2.24, 2.45) is 0 Å². The molecule has 2 rings (SSSR count). The highest BCUT2D eigenvalue weighted by Crippen LogP contribution is 2.15. The Kier molecular flexibility index (Phi) is 4.42. The second-order valence-corrected chi connectivity index (χ2v) is 4.25. The van der Waals surface area contributed by atoms with Gasteiger partial charge in [0.1, 0.15) is 12.4 Å². The second kappa shape index (κ2) is 6.26. The molecule has 0 fully saturated rings. The molecule has 2 aromatic rings. The van der Waals surface area contributed by atoms with Crippen LogP contribution in [0.1, 0.15) is 12.5 Å². The first kappa shape index (κ1) is 12.7. The lowest BCUT2D eigenvalue weighted by atomic mass is 10.2. The Morgan fingerprint density at radius 3 is 2.83 bits per heavy atom. The van der Waals surface area contributed by atoms with Crippen LogP contribution in [0.5, 0.6) is 5.88 Å². The van der Waals surface area contributed by atoms with E-state index in [1.54, 1.807) is 0 Å². The van der Waals surface area contributed by atoms with Crippen molar-refractivity contribution in [1.82, 2.24) is 4.98 Å². The first-order valence-corrected chi connectivity index (χ1v) is 6.24. The molecule has 4 heteroatoms. The van der Waals surface area contributed by atoms with Gasteiger partial charge >= 0.3 is 0 Å². The molecule has 0 unspecified atom stereocenters. The number of ether oxygens (including phenoxy) is 1. The number of rotatable bonds is 5. The molecule has 0 aliphatic carbocycles. The first-order chi connectivity index (χ1) is 8.78. The largest absolute Gasteiger partial charge is 0.473 e. The molecule has 0 atom stereocenters. The zero-order valence-electron chi connectivity index (χ0n) is 10.2. The van der Waals surface area contributed by atoms with Crippen molar-refractivity contribution in [1.29, 1.82) is 0 Å². The van der Waals surface area contributed by atoms with E-state index in [0.29, 0.717) is 17.5 Å². The Hall–Kier alpha value is -1.74. The molecule has 0 aliphatic rings. The molecule has 18 heavy (non-hydrogen) atoms. The number of aromatic nitrogens is 1. The number of benzene rings is 1. The van der Waals surface area contributed by atoms with E-state index in [1.165, 1.54) is 0 Å². The van der Waals surface area contributed by atoms with E-state index < -0.39 is 0 Å². The maximum absolute atomic E-state index is 5.91. The maximum Gasteiger partial charge on any atom is 0.215 e. The van der Waals surface area contributed by atoms with Crippen LogP contribution < -0.4 is 10.1 Å². The van der Waals surface area contributed by atoms with Gasteiger partial charge in [0.25, 0.3) is 0 Å². The van der Waals surface area contributed by atoms with Crippen LogP contribution in [0.2, 0.25) is 5.02 Å². The SMILES string of the molecule is CCNc1cccc(OCc2cccc(Cl)c2)n1. The van der Waals surface area contributed by atoms with E-state index in [4.69, 9.17) is 16.3 Å². The van der Waals surface area contributed by atoms with E-state index in [0.717, 1.165) is 17.9 Å². The van der Waals surface area contributed by atoms with Crippen molar-refractivity contribution in [3.63, 3.8) is 0 Å². The van der Waals surface area contributed by atoms with Crippen LogP contribution >= 0.6 is 11.6 Å². The van der Waals surface area contributed by atoms with Gasteiger partial charge in [-0.2, -0.15) is 4.98 Å². The number of halogens is 1. The summed E-state index contributed by atoms with van der Waals surface area (Å²) in [5.74, 6) is 1.43. The zero-order chi connectivity index (χ0) is 12.8. The smallest absolute Gasteiger partial charge is 0.215 e. The molecule has 1 aromatic carbocycles. The van der Waals surface area contributed by atoms with Crippen LogP contribution in [0, 0.1) is 0 Å². The minimum atomic E-state index is 0.461. The van der Waals surface area contributed by atoms with Crippen molar-refractivity contribution in [3.8, 4) is 5.88 Å². The van der Waals surface area contributed by atoms with Crippen LogP contribution in [0.4, 0.5) is 5.82 Å². The molecule has 0 aliphatic heterocycles. The van der Waals surface area contributed by atoms with E-state index in [2.05, 4.69) is 10.3 Å². The molecule has 1 aromatic heterocycles. The number of pyridine rings is 1. The number of nitrogens with zero attached hydrogens (tertiary/aromatic N) is 1. The van der Waals surface area contributed by atoms with Gasteiger partial charge in [-0.05, 0) is 30.7 Å². The summed E-state index contributed by atoms with van der Waals surface area (Å²) in [6.45, 7) is 3.33. The maximum atomic E-state index is 5.91. The number of hydrogen-bond donors (Lipinski definition) is 1. The van der Waals surface area contributed by atoms with Gasteiger partial charge in [0.05, 0.1) is 0 Å². The number of anilines is 1. The molecule has 1 N–H and O–H groups in total. The normalized spacial score (nSPS) is 10.1. The van der Waals surface area contributed by atoms with Crippen LogP contribution in [0.25, 0.3) is 0 Å². The van der Waals surface area contributed by atoms with Gasteiger partial charge in [0.15, 0.2) is 0 Å². The van der Waals surface area contributed by atoms with Crippen molar-refractivity contribution < 1.29 is 4.74 Å².